The highest BCUT2D eigenvalue weighted by Crippen LogP contribution is 2.01. The molecule has 1 aromatic heterocycles. The van der Waals surface area contributed by atoms with E-state index in [0.29, 0.717) is 13.2 Å². The van der Waals surface area contributed by atoms with Gasteiger partial charge < -0.3 is 14.5 Å². The van der Waals surface area contributed by atoms with Crippen LogP contribution in [0.15, 0.2) is 16.9 Å². The Morgan fingerprint density at radius 2 is 1.92 bits per heavy atom. The fourth-order valence-electron chi connectivity index (χ4n) is 1.15. The van der Waals surface area contributed by atoms with E-state index < -0.39 is 0 Å². The first-order chi connectivity index (χ1) is 6.26. The molecule has 1 heterocycles. The number of pyridine rings is 1. The maximum atomic E-state index is 11.1. The van der Waals surface area contributed by atoms with Gasteiger partial charge >= 0.3 is 0 Å². The molecule has 0 saturated heterocycles. The van der Waals surface area contributed by atoms with E-state index in [9.17, 15) is 4.79 Å². The molecule has 0 spiro atoms. The van der Waals surface area contributed by atoms with Crippen LogP contribution in [0.3, 0.4) is 0 Å². The number of hydrogen-bond acceptors (Lipinski definition) is 3. The highest BCUT2D eigenvalue weighted by Gasteiger charge is 1.98. The van der Waals surface area contributed by atoms with Crippen molar-refractivity contribution in [1.29, 1.82) is 0 Å². The van der Waals surface area contributed by atoms with Crippen LogP contribution in [-0.2, 0) is 22.7 Å². The molecule has 0 unspecified atom stereocenters. The molecule has 72 valence electrons. The largest absolute Gasteiger partial charge is 0.380 e. The van der Waals surface area contributed by atoms with Crippen LogP contribution in [0.1, 0.15) is 11.3 Å². The molecular weight excluding hydrogens is 170 g/mol. The van der Waals surface area contributed by atoms with Crippen LogP contribution >= 0.6 is 0 Å². The molecule has 0 fully saturated rings. The monoisotopic (exact) mass is 183 g/mol. The van der Waals surface area contributed by atoms with Crippen molar-refractivity contribution < 1.29 is 9.47 Å². The van der Waals surface area contributed by atoms with Crippen molar-refractivity contribution in [3.63, 3.8) is 0 Å². The SMILES string of the molecule is COCc1cc(COC)[nH]c(=O)c1. The van der Waals surface area contributed by atoms with E-state index in [1.54, 1.807) is 14.2 Å². The summed E-state index contributed by atoms with van der Waals surface area (Å²) >= 11 is 0. The quantitative estimate of drug-likeness (QED) is 0.746. The van der Waals surface area contributed by atoms with Gasteiger partial charge in [0.25, 0.3) is 0 Å². The number of hydrogen-bond donors (Lipinski definition) is 1. The lowest BCUT2D eigenvalue weighted by molar-refractivity contribution is 0.177. The van der Waals surface area contributed by atoms with Crippen molar-refractivity contribution in [3.05, 3.63) is 33.7 Å². The minimum Gasteiger partial charge on any atom is -0.380 e. The van der Waals surface area contributed by atoms with Gasteiger partial charge in [0.05, 0.1) is 13.2 Å². The molecule has 0 bridgehead atoms. The molecule has 0 aliphatic carbocycles. The zero-order chi connectivity index (χ0) is 9.68. The van der Waals surface area contributed by atoms with Gasteiger partial charge in [-0.25, -0.2) is 0 Å². The normalized spacial score (nSPS) is 10.3. The van der Waals surface area contributed by atoms with Gasteiger partial charge in [-0.2, -0.15) is 0 Å². The number of methoxy groups -OCH3 is 2. The fourth-order valence-corrected chi connectivity index (χ4v) is 1.15. The highest BCUT2D eigenvalue weighted by atomic mass is 16.5. The van der Waals surface area contributed by atoms with Crippen molar-refractivity contribution in [3.8, 4) is 0 Å². The van der Waals surface area contributed by atoms with Gasteiger partial charge in [-0.15, -0.1) is 0 Å². The third-order valence-corrected chi connectivity index (χ3v) is 1.57. The summed E-state index contributed by atoms with van der Waals surface area (Å²) in [5.41, 5.74) is 1.50. The molecule has 1 rings (SSSR count). The fraction of sp³-hybridized carbons (Fsp3) is 0.444. The Balaban J connectivity index is 2.90. The van der Waals surface area contributed by atoms with E-state index >= 15 is 0 Å². The summed E-state index contributed by atoms with van der Waals surface area (Å²) in [7, 11) is 3.18. The lowest BCUT2D eigenvalue weighted by atomic mass is 10.2. The van der Waals surface area contributed by atoms with Crippen molar-refractivity contribution >= 4 is 0 Å². The summed E-state index contributed by atoms with van der Waals surface area (Å²) in [5.74, 6) is 0. The molecule has 0 aromatic carbocycles. The minimum atomic E-state index is -0.124. The first kappa shape index (κ1) is 9.95. The maximum Gasteiger partial charge on any atom is 0.248 e. The number of rotatable bonds is 4. The second-order valence-electron chi connectivity index (χ2n) is 2.74. The van der Waals surface area contributed by atoms with Crippen LogP contribution in [-0.4, -0.2) is 19.2 Å². The summed E-state index contributed by atoms with van der Waals surface area (Å²) in [6.07, 6.45) is 0. The van der Waals surface area contributed by atoms with Gasteiger partial charge in [-0.3, -0.25) is 4.79 Å². The Kier molecular flexibility index (Phi) is 3.67. The number of ether oxygens (including phenoxy) is 2. The summed E-state index contributed by atoms with van der Waals surface area (Å²) in [6, 6.07) is 3.37. The van der Waals surface area contributed by atoms with Gasteiger partial charge in [0.15, 0.2) is 0 Å². The zero-order valence-electron chi connectivity index (χ0n) is 7.79. The molecule has 0 saturated carbocycles. The summed E-state index contributed by atoms with van der Waals surface area (Å²) in [5, 5.41) is 0. The smallest absolute Gasteiger partial charge is 0.248 e. The second kappa shape index (κ2) is 4.79. The van der Waals surface area contributed by atoms with E-state index in [2.05, 4.69) is 4.98 Å². The van der Waals surface area contributed by atoms with Crippen molar-refractivity contribution in [1.82, 2.24) is 4.98 Å². The number of aromatic amines is 1. The predicted octanol–water partition coefficient (Wildman–Crippen LogP) is 0.668. The van der Waals surface area contributed by atoms with Crippen LogP contribution in [0, 0.1) is 0 Å². The van der Waals surface area contributed by atoms with Gasteiger partial charge in [0.2, 0.25) is 5.56 Å². The van der Waals surface area contributed by atoms with Crippen molar-refractivity contribution in [2.45, 2.75) is 13.2 Å². The third kappa shape index (κ3) is 3.01. The topological polar surface area (TPSA) is 51.3 Å². The Hall–Kier alpha value is -1.13. The van der Waals surface area contributed by atoms with Gasteiger partial charge in [-0.05, 0) is 11.6 Å². The first-order valence-corrected chi connectivity index (χ1v) is 3.96. The Morgan fingerprint density at radius 3 is 2.54 bits per heavy atom. The van der Waals surface area contributed by atoms with Gasteiger partial charge in [0.1, 0.15) is 0 Å². The molecule has 1 N–H and O–H groups in total. The molecule has 13 heavy (non-hydrogen) atoms. The maximum absolute atomic E-state index is 11.1. The van der Waals surface area contributed by atoms with Gasteiger partial charge in [0, 0.05) is 26.0 Å². The summed E-state index contributed by atoms with van der Waals surface area (Å²) < 4.78 is 9.83. The Labute approximate surface area is 76.5 Å². The molecule has 0 radical (unpaired) electrons. The van der Waals surface area contributed by atoms with E-state index in [-0.39, 0.29) is 5.56 Å². The van der Waals surface area contributed by atoms with Crippen molar-refractivity contribution in [2.24, 2.45) is 0 Å². The Morgan fingerprint density at radius 1 is 1.23 bits per heavy atom. The van der Waals surface area contributed by atoms with Crippen molar-refractivity contribution in [2.75, 3.05) is 14.2 Å². The predicted molar refractivity (Wildman–Crippen MR) is 48.5 cm³/mol. The van der Waals surface area contributed by atoms with Crippen LogP contribution in [0.2, 0.25) is 0 Å². The van der Waals surface area contributed by atoms with E-state index in [1.165, 1.54) is 6.07 Å². The van der Waals surface area contributed by atoms with Crippen LogP contribution in [0.25, 0.3) is 0 Å². The molecule has 0 aliphatic heterocycles. The third-order valence-electron chi connectivity index (χ3n) is 1.57. The Bertz CT molecular complexity index is 292. The van der Waals surface area contributed by atoms with E-state index in [4.69, 9.17) is 9.47 Å². The van der Waals surface area contributed by atoms with E-state index in [0.717, 1.165) is 11.3 Å². The number of nitrogens with one attached hydrogen (secondary N) is 1. The van der Waals surface area contributed by atoms with Crippen LogP contribution in [0.5, 0.6) is 0 Å². The average molecular weight is 183 g/mol. The molecular formula is C9H13NO3. The summed E-state index contributed by atoms with van der Waals surface area (Å²) in [6.45, 7) is 0.855. The summed E-state index contributed by atoms with van der Waals surface area (Å²) in [4.78, 5) is 13.8. The minimum absolute atomic E-state index is 0.124. The van der Waals surface area contributed by atoms with Crippen LogP contribution < -0.4 is 5.56 Å². The standard InChI is InChI=1S/C9H13NO3/c1-12-5-7-3-8(6-13-2)10-9(11)4-7/h3-4H,5-6H2,1-2H3,(H,10,11). The lowest BCUT2D eigenvalue weighted by Crippen LogP contribution is -2.10. The van der Waals surface area contributed by atoms with E-state index in [1.807, 2.05) is 6.07 Å². The zero-order valence-corrected chi connectivity index (χ0v) is 7.79. The highest BCUT2D eigenvalue weighted by molar-refractivity contribution is 5.15. The van der Waals surface area contributed by atoms with Gasteiger partial charge in [-0.1, -0.05) is 0 Å². The lowest BCUT2D eigenvalue weighted by Gasteiger charge is -2.02. The molecule has 4 nitrogen and oxygen atoms in total. The molecule has 0 atom stereocenters. The molecule has 1 aromatic rings. The number of H-pyrrole nitrogens is 1. The number of aromatic nitrogens is 1. The van der Waals surface area contributed by atoms with Crippen LogP contribution in [0.4, 0.5) is 0 Å². The first-order valence-electron chi connectivity index (χ1n) is 3.96. The second-order valence-corrected chi connectivity index (χ2v) is 2.74. The molecule has 0 aliphatic rings. The molecule has 4 heteroatoms. The molecule has 0 amide bonds. The average Bonchev–Trinajstić information content (AvgIpc) is 2.04.